The lowest BCUT2D eigenvalue weighted by Gasteiger charge is -2.24. The predicted octanol–water partition coefficient (Wildman–Crippen LogP) is 4.82. The van der Waals surface area contributed by atoms with Gasteiger partial charge in [-0.2, -0.15) is 5.10 Å². The van der Waals surface area contributed by atoms with Crippen molar-refractivity contribution in [2.45, 2.75) is 26.4 Å². The van der Waals surface area contributed by atoms with Crippen LogP contribution >= 0.6 is 0 Å². The standard InChI is InChI=1S/C25H23N3O2/c1-18(2)28-24(29)22-16-10-9-15-21(22)23(26-28)25(30)27(20-13-7-4-8-14-20)17-19-11-5-3-6-12-19/h3-16,18H,17H2,1-2H3. The first kappa shape index (κ1) is 19.6. The smallest absolute Gasteiger partial charge is 0.279 e. The minimum absolute atomic E-state index is 0.159. The fraction of sp³-hybridized carbons (Fsp3) is 0.160. The molecule has 1 aromatic heterocycles. The number of benzene rings is 3. The SMILES string of the molecule is CC(C)n1nc(C(=O)N(Cc2ccccc2)c2ccccc2)c2ccccc2c1=O. The van der Waals surface area contributed by atoms with Crippen molar-refractivity contribution in [2.75, 3.05) is 4.90 Å². The molecular formula is C25H23N3O2. The molecule has 0 atom stereocenters. The Kier molecular flexibility index (Phi) is 5.44. The molecule has 0 fully saturated rings. The van der Waals surface area contributed by atoms with E-state index < -0.39 is 0 Å². The second kappa shape index (κ2) is 8.33. The van der Waals surface area contributed by atoms with E-state index in [-0.39, 0.29) is 23.2 Å². The summed E-state index contributed by atoms with van der Waals surface area (Å²) in [4.78, 5) is 28.4. The van der Waals surface area contributed by atoms with Gasteiger partial charge in [0.25, 0.3) is 11.5 Å². The average Bonchev–Trinajstić information content (AvgIpc) is 2.78. The maximum atomic E-state index is 13.8. The van der Waals surface area contributed by atoms with Gasteiger partial charge in [0.15, 0.2) is 5.69 Å². The first-order chi connectivity index (χ1) is 14.6. The monoisotopic (exact) mass is 397 g/mol. The highest BCUT2D eigenvalue weighted by molar-refractivity contribution is 6.12. The van der Waals surface area contributed by atoms with Crippen molar-refractivity contribution in [3.05, 3.63) is 107 Å². The van der Waals surface area contributed by atoms with E-state index in [0.717, 1.165) is 11.3 Å². The molecule has 1 amide bonds. The summed E-state index contributed by atoms with van der Waals surface area (Å²) in [6, 6.07) is 26.4. The van der Waals surface area contributed by atoms with Crippen LogP contribution in [0.3, 0.4) is 0 Å². The zero-order chi connectivity index (χ0) is 21.1. The van der Waals surface area contributed by atoms with E-state index in [1.165, 1.54) is 4.68 Å². The molecule has 3 aromatic carbocycles. The summed E-state index contributed by atoms with van der Waals surface area (Å²) in [5.41, 5.74) is 1.88. The van der Waals surface area contributed by atoms with Gasteiger partial charge in [0.05, 0.1) is 18.0 Å². The molecule has 0 radical (unpaired) electrons. The van der Waals surface area contributed by atoms with Gasteiger partial charge in [-0.3, -0.25) is 9.59 Å². The third-order valence-corrected chi connectivity index (χ3v) is 5.02. The van der Waals surface area contributed by atoms with E-state index >= 15 is 0 Å². The van der Waals surface area contributed by atoms with Crippen molar-refractivity contribution < 1.29 is 4.79 Å². The fourth-order valence-corrected chi connectivity index (χ4v) is 3.50. The van der Waals surface area contributed by atoms with Crippen LogP contribution in [0.1, 0.15) is 35.9 Å². The molecule has 5 heteroatoms. The van der Waals surface area contributed by atoms with Crippen LogP contribution < -0.4 is 10.5 Å². The normalized spacial score (nSPS) is 11.0. The van der Waals surface area contributed by atoms with Crippen LogP contribution in [-0.4, -0.2) is 15.7 Å². The van der Waals surface area contributed by atoms with E-state index in [0.29, 0.717) is 17.3 Å². The summed E-state index contributed by atoms with van der Waals surface area (Å²) in [6.07, 6.45) is 0. The molecule has 0 saturated heterocycles. The maximum Gasteiger partial charge on any atom is 0.279 e. The second-order valence-electron chi connectivity index (χ2n) is 7.45. The van der Waals surface area contributed by atoms with Gasteiger partial charge in [-0.1, -0.05) is 66.7 Å². The summed E-state index contributed by atoms with van der Waals surface area (Å²) in [6.45, 7) is 4.17. The quantitative estimate of drug-likeness (QED) is 0.485. The Labute approximate surface area is 175 Å². The number of fused-ring (bicyclic) bond motifs is 1. The Morgan fingerprint density at radius 1 is 0.867 bits per heavy atom. The molecule has 0 aliphatic carbocycles. The van der Waals surface area contributed by atoms with Crippen LogP contribution in [0.15, 0.2) is 89.7 Å². The molecule has 0 aliphatic rings. The molecule has 0 spiro atoms. The van der Waals surface area contributed by atoms with Crippen molar-refractivity contribution in [1.82, 2.24) is 9.78 Å². The lowest BCUT2D eigenvalue weighted by molar-refractivity contribution is 0.0979. The van der Waals surface area contributed by atoms with Crippen LogP contribution in [0, 0.1) is 0 Å². The molecule has 0 bridgehead atoms. The Balaban J connectivity index is 1.89. The van der Waals surface area contributed by atoms with Crippen LogP contribution in [0.4, 0.5) is 5.69 Å². The van der Waals surface area contributed by atoms with Gasteiger partial charge in [-0.15, -0.1) is 0 Å². The summed E-state index contributed by atoms with van der Waals surface area (Å²) >= 11 is 0. The topological polar surface area (TPSA) is 55.2 Å². The summed E-state index contributed by atoms with van der Waals surface area (Å²) in [5, 5.41) is 5.57. The van der Waals surface area contributed by atoms with E-state index in [9.17, 15) is 9.59 Å². The van der Waals surface area contributed by atoms with Gasteiger partial charge in [0.2, 0.25) is 0 Å². The minimum Gasteiger partial charge on any atom is -0.303 e. The van der Waals surface area contributed by atoms with Crippen molar-refractivity contribution in [3.63, 3.8) is 0 Å². The van der Waals surface area contributed by atoms with Crippen molar-refractivity contribution >= 4 is 22.4 Å². The third kappa shape index (κ3) is 3.74. The first-order valence-electron chi connectivity index (χ1n) is 9.98. The van der Waals surface area contributed by atoms with Crippen molar-refractivity contribution in [1.29, 1.82) is 0 Å². The molecule has 0 unspecified atom stereocenters. The molecule has 5 nitrogen and oxygen atoms in total. The van der Waals surface area contributed by atoms with Gasteiger partial charge in [-0.05, 0) is 37.6 Å². The fourth-order valence-electron chi connectivity index (χ4n) is 3.50. The zero-order valence-corrected chi connectivity index (χ0v) is 17.0. The minimum atomic E-state index is -0.240. The predicted molar refractivity (Wildman–Crippen MR) is 120 cm³/mol. The van der Waals surface area contributed by atoms with Crippen molar-refractivity contribution in [3.8, 4) is 0 Å². The molecule has 1 heterocycles. The number of nitrogens with zero attached hydrogens (tertiary/aromatic N) is 3. The largest absolute Gasteiger partial charge is 0.303 e. The Hall–Kier alpha value is -3.73. The molecule has 150 valence electrons. The molecule has 4 rings (SSSR count). The van der Waals surface area contributed by atoms with Gasteiger partial charge in [0.1, 0.15) is 0 Å². The number of aromatic nitrogens is 2. The molecule has 30 heavy (non-hydrogen) atoms. The van der Waals surface area contributed by atoms with Crippen LogP contribution in [0.5, 0.6) is 0 Å². The maximum absolute atomic E-state index is 13.8. The van der Waals surface area contributed by atoms with E-state index in [4.69, 9.17) is 0 Å². The average molecular weight is 397 g/mol. The molecule has 0 aliphatic heterocycles. The highest BCUT2D eigenvalue weighted by atomic mass is 16.2. The van der Waals surface area contributed by atoms with Gasteiger partial charge in [0, 0.05) is 11.1 Å². The van der Waals surface area contributed by atoms with Crippen LogP contribution in [0.25, 0.3) is 10.8 Å². The zero-order valence-electron chi connectivity index (χ0n) is 17.0. The van der Waals surface area contributed by atoms with Gasteiger partial charge < -0.3 is 4.90 Å². The Bertz CT molecular complexity index is 1230. The number of amides is 1. The lowest BCUT2D eigenvalue weighted by Crippen LogP contribution is -2.34. The summed E-state index contributed by atoms with van der Waals surface area (Å²) in [5.74, 6) is -0.240. The van der Waals surface area contributed by atoms with E-state index in [2.05, 4.69) is 5.10 Å². The highest BCUT2D eigenvalue weighted by Crippen LogP contribution is 2.23. The lowest BCUT2D eigenvalue weighted by atomic mass is 10.1. The number of carbonyl (C=O) groups excluding carboxylic acids is 1. The number of rotatable bonds is 5. The van der Waals surface area contributed by atoms with E-state index in [1.54, 1.807) is 17.0 Å². The first-order valence-corrected chi connectivity index (χ1v) is 9.98. The van der Waals surface area contributed by atoms with E-state index in [1.807, 2.05) is 86.6 Å². The number of hydrogen-bond donors (Lipinski definition) is 0. The summed E-state index contributed by atoms with van der Waals surface area (Å²) < 4.78 is 1.39. The number of anilines is 1. The number of hydrogen-bond acceptors (Lipinski definition) is 3. The molecular weight excluding hydrogens is 374 g/mol. The molecule has 0 saturated carbocycles. The number of para-hydroxylation sites is 1. The van der Waals surface area contributed by atoms with Gasteiger partial charge >= 0.3 is 0 Å². The van der Waals surface area contributed by atoms with Gasteiger partial charge in [-0.25, -0.2) is 4.68 Å². The second-order valence-corrected chi connectivity index (χ2v) is 7.45. The molecule has 0 N–H and O–H groups in total. The summed E-state index contributed by atoms with van der Waals surface area (Å²) in [7, 11) is 0. The highest BCUT2D eigenvalue weighted by Gasteiger charge is 2.24. The third-order valence-electron chi connectivity index (χ3n) is 5.02. The molecule has 4 aromatic rings. The Morgan fingerprint density at radius 2 is 1.43 bits per heavy atom. The van der Waals surface area contributed by atoms with Crippen LogP contribution in [0.2, 0.25) is 0 Å². The van der Waals surface area contributed by atoms with Crippen LogP contribution in [-0.2, 0) is 6.54 Å². The number of carbonyl (C=O) groups is 1. The van der Waals surface area contributed by atoms with Crippen molar-refractivity contribution in [2.24, 2.45) is 0 Å². The Morgan fingerprint density at radius 3 is 2.07 bits per heavy atom.